The van der Waals surface area contributed by atoms with E-state index in [1.54, 1.807) is 52.5 Å². The lowest BCUT2D eigenvalue weighted by atomic mass is 10.1. The van der Waals surface area contributed by atoms with E-state index in [1.807, 2.05) is 0 Å². The van der Waals surface area contributed by atoms with E-state index in [-0.39, 0.29) is 124 Å². The summed E-state index contributed by atoms with van der Waals surface area (Å²) in [4.78, 5) is 93.3. The van der Waals surface area contributed by atoms with Crippen LogP contribution in [-0.4, -0.2) is 200 Å². The zero-order valence-electron chi connectivity index (χ0n) is 31.7. The summed E-state index contributed by atoms with van der Waals surface area (Å²) in [6.45, 7) is 5.15. The molecule has 0 spiro atoms. The number of esters is 3. The van der Waals surface area contributed by atoms with Crippen molar-refractivity contribution in [3.63, 3.8) is 0 Å². The van der Waals surface area contributed by atoms with Gasteiger partial charge in [0.05, 0.1) is 59.1 Å². The van der Waals surface area contributed by atoms with E-state index >= 15 is 0 Å². The molecule has 1 fully saturated rings. The highest BCUT2D eigenvalue weighted by molar-refractivity contribution is 5.92. The number of amides is 1. The molecule has 1 aromatic rings. The molecule has 20 heteroatoms. The number of anilines is 1. The summed E-state index contributed by atoms with van der Waals surface area (Å²) < 4.78 is 20.8. The maximum atomic E-state index is 13.5. The van der Waals surface area contributed by atoms with Crippen LogP contribution in [0.15, 0.2) is 18.2 Å². The van der Waals surface area contributed by atoms with Gasteiger partial charge in [-0.2, -0.15) is 0 Å². The van der Waals surface area contributed by atoms with Gasteiger partial charge in [-0.3, -0.25) is 53.3 Å². The second-order valence-corrected chi connectivity index (χ2v) is 12.5. The molecule has 0 saturated carbocycles. The molecule has 20 nitrogen and oxygen atoms in total. The molecule has 1 heterocycles. The van der Waals surface area contributed by atoms with Gasteiger partial charge in [0.2, 0.25) is 5.91 Å². The number of carbonyl (C=O) groups is 7. The van der Waals surface area contributed by atoms with E-state index in [0.717, 1.165) is 0 Å². The highest BCUT2D eigenvalue weighted by atomic mass is 16.6. The third-order valence-electron chi connectivity index (χ3n) is 8.08. The van der Waals surface area contributed by atoms with Crippen LogP contribution in [0.1, 0.15) is 26.3 Å². The first kappa shape index (κ1) is 46.3. The van der Waals surface area contributed by atoms with Crippen molar-refractivity contribution in [1.29, 1.82) is 0 Å². The van der Waals surface area contributed by atoms with Crippen LogP contribution in [-0.2, 0) is 54.3 Å². The van der Waals surface area contributed by atoms with E-state index in [9.17, 15) is 48.9 Å². The van der Waals surface area contributed by atoms with Crippen LogP contribution in [0.5, 0.6) is 5.75 Å². The number of carboxylic acid groups (broad SMARTS) is 3. The Morgan fingerprint density at radius 1 is 0.618 bits per heavy atom. The first-order valence-electron chi connectivity index (χ1n) is 18.0. The number of nitrogens with one attached hydrogen (secondary N) is 1. The molecule has 308 valence electrons. The molecule has 0 atom stereocenters. The van der Waals surface area contributed by atoms with Crippen molar-refractivity contribution < 1.29 is 67.8 Å². The second kappa shape index (κ2) is 25.2. The summed E-state index contributed by atoms with van der Waals surface area (Å²) >= 11 is 0. The number of nitrogens with zero attached hydrogens (tertiary/aromatic N) is 5. The second-order valence-electron chi connectivity index (χ2n) is 12.5. The van der Waals surface area contributed by atoms with E-state index in [0.29, 0.717) is 11.3 Å². The molecule has 1 aliphatic rings. The molecule has 1 saturated heterocycles. The number of rotatable bonds is 21. The summed E-state index contributed by atoms with van der Waals surface area (Å²) in [5, 5.41) is 31.2. The predicted molar refractivity (Wildman–Crippen MR) is 194 cm³/mol. The maximum Gasteiger partial charge on any atom is 0.344 e. The van der Waals surface area contributed by atoms with E-state index in [1.165, 1.54) is 11.0 Å². The Labute approximate surface area is 319 Å². The van der Waals surface area contributed by atoms with Crippen molar-refractivity contribution >= 4 is 47.4 Å². The van der Waals surface area contributed by atoms with Crippen molar-refractivity contribution in [2.75, 3.05) is 123 Å². The third-order valence-corrected chi connectivity index (χ3v) is 8.08. The molecule has 2 rings (SSSR count). The van der Waals surface area contributed by atoms with Gasteiger partial charge in [0.1, 0.15) is 5.75 Å². The topological polar surface area (TPSA) is 245 Å². The van der Waals surface area contributed by atoms with Crippen LogP contribution in [0.4, 0.5) is 5.69 Å². The van der Waals surface area contributed by atoms with E-state index < -0.39 is 48.3 Å². The minimum atomic E-state index is -1.07. The molecule has 1 aliphatic heterocycles. The highest BCUT2D eigenvalue weighted by Crippen LogP contribution is 2.25. The smallest absolute Gasteiger partial charge is 0.344 e. The number of carbonyl (C=O) groups excluding carboxylic acids is 4. The van der Waals surface area contributed by atoms with Crippen molar-refractivity contribution in [2.45, 2.75) is 27.3 Å². The maximum absolute atomic E-state index is 13.5. The van der Waals surface area contributed by atoms with E-state index in [4.69, 9.17) is 18.9 Å². The lowest BCUT2D eigenvalue weighted by molar-refractivity contribution is -0.149. The van der Waals surface area contributed by atoms with Crippen LogP contribution in [0.3, 0.4) is 0 Å². The Morgan fingerprint density at radius 2 is 1.02 bits per heavy atom. The SMILES string of the molecule is CCOC(=O)COc1ccc(NC(=O)CN2CCN(CC(=O)O)CCN(CC(=O)O)CCN(CC(=O)O)CC2)cc1CN(CC(=O)OCC)CC(=O)OCC. The van der Waals surface area contributed by atoms with Gasteiger partial charge in [-0.05, 0) is 39.0 Å². The Bertz CT molecular complexity index is 1390. The molecule has 55 heavy (non-hydrogen) atoms. The summed E-state index contributed by atoms with van der Waals surface area (Å²) in [5.41, 5.74) is 0.733. The number of benzene rings is 1. The first-order valence-corrected chi connectivity index (χ1v) is 18.0. The number of ether oxygens (including phenoxy) is 4. The zero-order chi connectivity index (χ0) is 40.8. The molecule has 0 bridgehead atoms. The Morgan fingerprint density at radius 3 is 1.42 bits per heavy atom. The molecule has 0 unspecified atom stereocenters. The number of carboxylic acids is 3. The van der Waals surface area contributed by atoms with Crippen LogP contribution in [0, 0.1) is 0 Å². The van der Waals surface area contributed by atoms with E-state index in [2.05, 4.69) is 5.32 Å². The van der Waals surface area contributed by atoms with Crippen molar-refractivity contribution in [3.05, 3.63) is 23.8 Å². The Hall–Kier alpha value is -4.89. The molecule has 0 radical (unpaired) electrons. The monoisotopic (exact) mass is 782 g/mol. The van der Waals surface area contributed by atoms with Crippen LogP contribution < -0.4 is 10.1 Å². The molecule has 0 aliphatic carbocycles. The average Bonchev–Trinajstić information content (AvgIpc) is 3.08. The Balaban J connectivity index is 2.33. The van der Waals surface area contributed by atoms with Gasteiger partial charge < -0.3 is 39.6 Å². The van der Waals surface area contributed by atoms with Gasteiger partial charge >= 0.3 is 35.8 Å². The third kappa shape index (κ3) is 19.8. The molecule has 1 amide bonds. The fourth-order valence-corrected chi connectivity index (χ4v) is 5.64. The highest BCUT2D eigenvalue weighted by Gasteiger charge is 2.23. The normalized spacial score (nSPS) is 15.3. The summed E-state index contributed by atoms with van der Waals surface area (Å²) in [6.07, 6.45) is 0. The number of hydrogen-bond donors (Lipinski definition) is 4. The van der Waals surface area contributed by atoms with Crippen LogP contribution in [0.25, 0.3) is 0 Å². The molecule has 1 aromatic carbocycles. The van der Waals surface area contributed by atoms with Crippen LogP contribution in [0.2, 0.25) is 0 Å². The van der Waals surface area contributed by atoms with Crippen LogP contribution >= 0.6 is 0 Å². The fraction of sp³-hybridized carbons (Fsp3) is 0.629. The minimum absolute atomic E-state index is 0.0473. The molecular weight excluding hydrogens is 728 g/mol. The Kier molecular flexibility index (Phi) is 21.2. The predicted octanol–water partition coefficient (Wildman–Crippen LogP) is -1.03. The summed E-state index contributed by atoms with van der Waals surface area (Å²) in [5.74, 6) is -5.20. The van der Waals surface area contributed by atoms with Crippen molar-refractivity contribution in [2.24, 2.45) is 0 Å². The number of aliphatic carboxylic acids is 3. The average molecular weight is 783 g/mol. The molecular formula is C35H54N6O14. The van der Waals surface area contributed by atoms with Crippen molar-refractivity contribution in [1.82, 2.24) is 24.5 Å². The lowest BCUT2D eigenvalue weighted by Gasteiger charge is -2.32. The summed E-state index contributed by atoms with van der Waals surface area (Å²) in [7, 11) is 0. The quantitative estimate of drug-likeness (QED) is 0.0860. The van der Waals surface area contributed by atoms with Gasteiger partial charge in [0.15, 0.2) is 6.61 Å². The largest absolute Gasteiger partial charge is 0.482 e. The zero-order valence-corrected chi connectivity index (χ0v) is 31.7. The van der Waals surface area contributed by atoms with Crippen molar-refractivity contribution in [3.8, 4) is 5.75 Å². The molecule has 4 N–H and O–H groups in total. The standard InChI is InChI=1S/C35H54N6O14/c1-4-52-33(49)23-41(24-34(50)53-5-2)18-26-17-27(7-8-28(26)55-25-35(51)54-6-3)36-29(42)19-37-9-11-38(20-30(43)44)13-15-40(22-32(47)48)16-14-39(12-10-37)21-31(45)46/h7-8,17H,4-6,9-16,18-25H2,1-3H3,(H,36,42)(H,43,44)(H,45,46)(H,47,48). The van der Waals surface area contributed by atoms with Gasteiger partial charge in [-0.15, -0.1) is 0 Å². The van der Waals surface area contributed by atoms with Gasteiger partial charge in [0, 0.05) is 70.2 Å². The molecule has 0 aromatic heterocycles. The summed E-state index contributed by atoms with van der Waals surface area (Å²) in [6, 6.07) is 4.64. The van der Waals surface area contributed by atoms with Gasteiger partial charge in [0.25, 0.3) is 0 Å². The van der Waals surface area contributed by atoms with Gasteiger partial charge in [-0.1, -0.05) is 0 Å². The number of hydrogen-bond acceptors (Lipinski definition) is 16. The lowest BCUT2D eigenvalue weighted by Crippen LogP contribution is -2.49. The first-order chi connectivity index (χ1) is 26.2. The minimum Gasteiger partial charge on any atom is -0.482 e. The van der Waals surface area contributed by atoms with Gasteiger partial charge in [-0.25, -0.2) is 4.79 Å². The fourth-order valence-electron chi connectivity index (χ4n) is 5.64.